The second-order valence-electron chi connectivity index (χ2n) is 3.07. The van der Waals surface area contributed by atoms with Gasteiger partial charge < -0.3 is 9.73 Å². The fourth-order valence-electron chi connectivity index (χ4n) is 1.49. The lowest BCUT2D eigenvalue weighted by Crippen LogP contribution is -2.20. The Labute approximate surface area is 79.6 Å². The third kappa shape index (κ3) is 2.46. The van der Waals surface area contributed by atoms with Crippen LogP contribution in [0.1, 0.15) is 30.7 Å². The molecule has 0 spiro atoms. The molecule has 1 atom stereocenters. The van der Waals surface area contributed by atoms with Gasteiger partial charge in [0.2, 0.25) is 0 Å². The first-order chi connectivity index (χ1) is 6.29. The predicted octanol–water partition coefficient (Wildman–Crippen LogP) is 2.81. The monoisotopic (exact) mass is 179 g/mol. The van der Waals surface area contributed by atoms with E-state index < -0.39 is 0 Å². The molecular formula is C11H17NO. The summed E-state index contributed by atoms with van der Waals surface area (Å²) in [6.07, 6.45) is 4.60. The number of hydrogen-bond acceptors (Lipinski definition) is 2. The molecule has 0 radical (unpaired) electrons. The van der Waals surface area contributed by atoms with Gasteiger partial charge in [-0.25, -0.2) is 0 Å². The Morgan fingerprint density at radius 1 is 1.69 bits per heavy atom. The zero-order valence-electron chi connectivity index (χ0n) is 8.34. The lowest BCUT2D eigenvalue weighted by Gasteiger charge is -2.14. The minimum atomic E-state index is 0.348. The zero-order chi connectivity index (χ0) is 9.68. The smallest absolute Gasteiger partial charge is 0.105 e. The van der Waals surface area contributed by atoms with Crippen molar-refractivity contribution >= 4 is 0 Å². The van der Waals surface area contributed by atoms with Crippen LogP contribution in [0.3, 0.4) is 0 Å². The van der Waals surface area contributed by atoms with Gasteiger partial charge in [0, 0.05) is 11.6 Å². The molecule has 0 saturated carbocycles. The van der Waals surface area contributed by atoms with Gasteiger partial charge in [-0.05, 0) is 26.0 Å². The lowest BCUT2D eigenvalue weighted by atomic mass is 10.1. The number of nitrogens with one attached hydrogen (secondary N) is 1. The molecule has 1 aromatic heterocycles. The minimum Gasteiger partial charge on any atom is -0.469 e. The van der Waals surface area contributed by atoms with Gasteiger partial charge in [0.25, 0.3) is 0 Å². The molecule has 1 rings (SSSR count). The molecule has 2 heteroatoms. The van der Waals surface area contributed by atoms with E-state index in [1.54, 1.807) is 6.26 Å². The molecule has 0 aliphatic carbocycles. The Morgan fingerprint density at radius 2 is 2.46 bits per heavy atom. The highest BCUT2D eigenvalue weighted by atomic mass is 16.3. The molecule has 13 heavy (non-hydrogen) atoms. The molecule has 0 amide bonds. The lowest BCUT2D eigenvalue weighted by molar-refractivity contribution is 0.505. The van der Waals surface area contributed by atoms with Gasteiger partial charge in [0.1, 0.15) is 5.76 Å². The van der Waals surface area contributed by atoms with Gasteiger partial charge in [-0.1, -0.05) is 13.0 Å². The van der Waals surface area contributed by atoms with Crippen LogP contribution in [0.4, 0.5) is 0 Å². The van der Waals surface area contributed by atoms with Crippen LogP contribution in [0.2, 0.25) is 0 Å². The Balaban J connectivity index is 2.74. The van der Waals surface area contributed by atoms with Crippen LogP contribution in [0, 0.1) is 6.92 Å². The Kier molecular flexibility index (Phi) is 3.77. The van der Waals surface area contributed by atoms with Gasteiger partial charge in [-0.3, -0.25) is 0 Å². The molecule has 1 aromatic rings. The van der Waals surface area contributed by atoms with Crippen LogP contribution in [0.5, 0.6) is 0 Å². The van der Waals surface area contributed by atoms with Gasteiger partial charge in [-0.15, -0.1) is 6.58 Å². The maximum absolute atomic E-state index is 5.26. The first-order valence-electron chi connectivity index (χ1n) is 4.67. The summed E-state index contributed by atoms with van der Waals surface area (Å²) in [5, 5.41) is 3.40. The minimum absolute atomic E-state index is 0.348. The molecule has 0 saturated heterocycles. The van der Waals surface area contributed by atoms with E-state index in [-0.39, 0.29) is 0 Å². The van der Waals surface area contributed by atoms with Crippen molar-refractivity contribution in [1.29, 1.82) is 0 Å². The highest BCUT2D eigenvalue weighted by Crippen LogP contribution is 2.21. The van der Waals surface area contributed by atoms with Crippen molar-refractivity contribution in [2.75, 3.05) is 6.54 Å². The number of rotatable bonds is 5. The highest BCUT2D eigenvalue weighted by Gasteiger charge is 2.12. The van der Waals surface area contributed by atoms with E-state index in [9.17, 15) is 0 Å². The average molecular weight is 179 g/mol. The van der Waals surface area contributed by atoms with Crippen molar-refractivity contribution in [2.45, 2.75) is 26.3 Å². The largest absolute Gasteiger partial charge is 0.469 e. The van der Waals surface area contributed by atoms with E-state index in [0.717, 1.165) is 18.7 Å². The van der Waals surface area contributed by atoms with Crippen LogP contribution in [-0.4, -0.2) is 6.54 Å². The van der Waals surface area contributed by atoms with E-state index in [1.807, 2.05) is 19.1 Å². The quantitative estimate of drug-likeness (QED) is 0.703. The molecule has 2 nitrogen and oxygen atoms in total. The van der Waals surface area contributed by atoms with Crippen molar-refractivity contribution in [3.63, 3.8) is 0 Å². The molecule has 0 fully saturated rings. The van der Waals surface area contributed by atoms with E-state index >= 15 is 0 Å². The van der Waals surface area contributed by atoms with E-state index in [2.05, 4.69) is 18.8 Å². The predicted molar refractivity (Wildman–Crippen MR) is 54.7 cm³/mol. The van der Waals surface area contributed by atoms with Crippen molar-refractivity contribution < 1.29 is 4.42 Å². The SMILES string of the molecule is C=CCC(NCC)c1ccoc1C. The maximum Gasteiger partial charge on any atom is 0.105 e. The van der Waals surface area contributed by atoms with Crippen molar-refractivity contribution in [3.8, 4) is 0 Å². The molecule has 1 heterocycles. The van der Waals surface area contributed by atoms with Crippen molar-refractivity contribution in [2.24, 2.45) is 0 Å². The number of aryl methyl sites for hydroxylation is 1. The summed E-state index contributed by atoms with van der Waals surface area (Å²) in [6.45, 7) is 8.80. The molecule has 72 valence electrons. The summed E-state index contributed by atoms with van der Waals surface area (Å²) < 4.78 is 5.26. The average Bonchev–Trinajstić information content (AvgIpc) is 2.51. The Hall–Kier alpha value is -1.02. The van der Waals surface area contributed by atoms with E-state index in [1.165, 1.54) is 5.56 Å². The van der Waals surface area contributed by atoms with Crippen molar-refractivity contribution in [3.05, 3.63) is 36.3 Å². The molecule has 1 N–H and O–H groups in total. The molecule has 0 bridgehead atoms. The first kappa shape index (κ1) is 10.1. The van der Waals surface area contributed by atoms with Gasteiger partial charge in [0.15, 0.2) is 0 Å². The second-order valence-corrected chi connectivity index (χ2v) is 3.07. The van der Waals surface area contributed by atoms with Crippen LogP contribution < -0.4 is 5.32 Å². The van der Waals surface area contributed by atoms with E-state index in [4.69, 9.17) is 4.42 Å². The third-order valence-electron chi connectivity index (χ3n) is 2.13. The Morgan fingerprint density at radius 3 is 2.92 bits per heavy atom. The van der Waals surface area contributed by atoms with Crippen LogP contribution in [0.25, 0.3) is 0 Å². The molecule has 0 aliphatic heterocycles. The summed E-state index contributed by atoms with van der Waals surface area (Å²) in [5.41, 5.74) is 1.24. The molecule has 0 aromatic carbocycles. The number of furan rings is 1. The third-order valence-corrected chi connectivity index (χ3v) is 2.13. The summed E-state index contributed by atoms with van der Waals surface area (Å²) in [7, 11) is 0. The second kappa shape index (κ2) is 4.87. The van der Waals surface area contributed by atoms with Gasteiger partial charge >= 0.3 is 0 Å². The van der Waals surface area contributed by atoms with Gasteiger partial charge in [0.05, 0.1) is 6.26 Å². The molecular weight excluding hydrogens is 162 g/mol. The maximum atomic E-state index is 5.26. The van der Waals surface area contributed by atoms with Crippen LogP contribution >= 0.6 is 0 Å². The fourth-order valence-corrected chi connectivity index (χ4v) is 1.49. The van der Waals surface area contributed by atoms with Crippen LogP contribution in [0.15, 0.2) is 29.4 Å². The number of hydrogen-bond donors (Lipinski definition) is 1. The summed E-state index contributed by atoms with van der Waals surface area (Å²) >= 11 is 0. The molecule has 0 aliphatic rings. The highest BCUT2D eigenvalue weighted by molar-refractivity contribution is 5.20. The topological polar surface area (TPSA) is 25.2 Å². The van der Waals surface area contributed by atoms with Crippen molar-refractivity contribution in [1.82, 2.24) is 5.32 Å². The standard InChI is InChI=1S/C11H17NO/c1-4-6-11(12-5-2)10-7-8-13-9(10)3/h4,7-8,11-12H,1,5-6H2,2-3H3. The summed E-state index contributed by atoms with van der Waals surface area (Å²) in [4.78, 5) is 0. The van der Waals surface area contributed by atoms with Crippen LogP contribution in [-0.2, 0) is 0 Å². The normalized spacial score (nSPS) is 12.8. The first-order valence-corrected chi connectivity index (χ1v) is 4.67. The van der Waals surface area contributed by atoms with Gasteiger partial charge in [-0.2, -0.15) is 0 Å². The summed E-state index contributed by atoms with van der Waals surface area (Å²) in [6, 6.07) is 2.37. The summed E-state index contributed by atoms with van der Waals surface area (Å²) in [5.74, 6) is 0.993. The Bertz CT molecular complexity index is 265. The van der Waals surface area contributed by atoms with E-state index in [0.29, 0.717) is 6.04 Å². The zero-order valence-corrected chi connectivity index (χ0v) is 8.34. The molecule has 1 unspecified atom stereocenters. The fraction of sp³-hybridized carbons (Fsp3) is 0.455.